The Morgan fingerprint density at radius 1 is 1.11 bits per heavy atom. The van der Waals surface area contributed by atoms with E-state index in [4.69, 9.17) is 17.0 Å². The number of carbonyl (C=O) groups is 2. The van der Waals surface area contributed by atoms with Crippen molar-refractivity contribution in [1.29, 1.82) is 0 Å². The Morgan fingerprint density at radius 2 is 1.81 bits per heavy atom. The molecule has 138 valence electrons. The lowest BCUT2D eigenvalue weighted by molar-refractivity contribution is -0.154. The van der Waals surface area contributed by atoms with Gasteiger partial charge in [-0.1, -0.05) is 12.1 Å². The predicted molar refractivity (Wildman–Crippen MR) is 102 cm³/mol. The highest BCUT2D eigenvalue weighted by atomic mass is 32.2. The van der Waals surface area contributed by atoms with Crippen molar-refractivity contribution in [3.8, 4) is 5.75 Å². The van der Waals surface area contributed by atoms with Gasteiger partial charge in [0.2, 0.25) is 0 Å². The average molecular weight is 418 g/mol. The van der Waals surface area contributed by atoms with Crippen LogP contribution in [0.1, 0.15) is 22.8 Å². The summed E-state index contributed by atoms with van der Waals surface area (Å²) in [5.41, 5.74) is 1.12. The SMILES string of the molecule is O=C1OC(=O)C2C3CC(C4Sc5[nH]c(=S)sc5C(c5ccc(O)cc5)C34)C12. The van der Waals surface area contributed by atoms with E-state index in [1.54, 1.807) is 35.2 Å². The molecule has 4 aliphatic rings. The fourth-order valence-electron chi connectivity index (χ4n) is 5.87. The molecule has 5 nitrogen and oxygen atoms in total. The molecule has 2 bridgehead atoms. The van der Waals surface area contributed by atoms with Crippen LogP contribution in [0.25, 0.3) is 0 Å². The second kappa shape index (κ2) is 5.46. The summed E-state index contributed by atoms with van der Waals surface area (Å²) in [6, 6.07) is 7.34. The molecule has 1 aromatic heterocycles. The molecule has 0 radical (unpaired) electrons. The Labute approximate surface area is 168 Å². The summed E-state index contributed by atoms with van der Waals surface area (Å²) in [5.74, 6) is -0.303. The van der Waals surface area contributed by atoms with E-state index in [-0.39, 0.29) is 58.4 Å². The number of fused-ring (bicyclic) bond motifs is 9. The van der Waals surface area contributed by atoms with Crippen molar-refractivity contribution in [1.82, 2.24) is 4.98 Å². The van der Waals surface area contributed by atoms with Gasteiger partial charge in [-0.2, -0.15) is 0 Å². The van der Waals surface area contributed by atoms with Crippen LogP contribution in [0.5, 0.6) is 5.75 Å². The standard InChI is InChI=1S/C19H15NO4S3/c21-7-3-1-6(2-4-7)10-11-8-5-9(13-12(8)17(22)24-18(13)23)14(11)26-16-15(10)27-19(25)20-16/h1-4,8-14,21H,5H2,(H,20,25). The number of aromatic hydroxyl groups is 1. The molecule has 2 aliphatic carbocycles. The molecule has 7 atom stereocenters. The monoisotopic (exact) mass is 417 g/mol. The number of rotatable bonds is 1. The summed E-state index contributed by atoms with van der Waals surface area (Å²) < 4.78 is 5.76. The molecule has 1 saturated heterocycles. The van der Waals surface area contributed by atoms with E-state index in [1.165, 1.54) is 4.88 Å². The largest absolute Gasteiger partial charge is 0.508 e. The van der Waals surface area contributed by atoms with Crippen LogP contribution in [0.3, 0.4) is 0 Å². The maximum Gasteiger partial charge on any atom is 0.317 e. The third-order valence-electron chi connectivity index (χ3n) is 6.71. The first-order valence-electron chi connectivity index (χ1n) is 8.97. The zero-order valence-electron chi connectivity index (χ0n) is 14.0. The van der Waals surface area contributed by atoms with Crippen molar-refractivity contribution in [2.24, 2.45) is 29.6 Å². The quantitative estimate of drug-likeness (QED) is 0.418. The Balaban J connectivity index is 1.52. The van der Waals surface area contributed by atoms with Crippen LogP contribution in [-0.2, 0) is 14.3 Å². The van der Waals surface area contributed by atoms with E-state index >= 15 is 0 Å². The average Bonchev–Trinajstić information content (AvgIpc) is 3.35. The van der Waals surface area contributed by atoms with E-state index in [1.807, 2.05) is 12.1 Å². The van der Waals surface area contributed by atoms with Crippen LogP contribution in [0, 0.1) is 33.5 Å². The minimum absolute atomic E-state index is 0.115. The third kappa shape index (κ3) is 2.09. The molecule has 1 aromatic carbocycles. The number of esters is 2. The van der Waals surface area contributed by atoms with Gasteiger partial charge in [0.15, 0.2) is 3.95 Å². The van der Waals surface area contributed by atoms with Gasteiger partial charge in [-0.3, -0.25) is 9.59 Å². The van der Waals surface area contributed by atoms with Gasteiger partial charge in [0.05, 0.1) is 16.9 Å². The molecular formula is C19H15NO4S3. The maximum absolute atomic E-state index is 12.4. The van der Waals surface area contributed by atoms with Gasteiger partial charge in [0.25, 0.3) is 0 Å². The first-order valence-corrected chi connectivity index (χ1v) is 11.1. The van der Waals surface area contributed by atoms with E-state index in [9.17, 15) is 14.7 Å². The highest BCUT2D eigenvalue weighted by Gasteiger charge is 2.69. The molecule has 0 spiro atoms. The summed E-state index contributed by atoms with van der Waals surface area (Å²) in [4.78, 5) is 29.2. The Hall–Kier alpha value is -1.64. The fraction of sp³-hybridized carbons (Fsp3) is 0.421. The van der Waals surface area contributed by atoms with Crippen molar-refractivity contribution in [3.05, 3.63) is 38.7 Å². The molecule has 3 heterocycles. The molecule has 2 N–H and O–H groups in total. The Morgan fingerprint density at radius 3 is 2.56 bits per heavy atom. The van der Waals surface area contributed by atoms with E-state index in [0.29, 0.717) is 0 Å². The van der Waals surface area contributed by atoms with E-state index in [2.05, 4.69) is 4.98 Å². The highest BCUT2D eigenvalue weighted by molar-refractivity contribution is 8.00. The van der Waals surface area contributed by atoms with Gasteiger partial charge in [-0.25, -0.2) is 0 Å². The first kappa shape index (κ1) is 16.3. The number of cyclic esters (lactones) is 2. The number of thioether (sulfide) groups is 1. The van der Waals surface area contributed by atoms with Crippen LogP contribution in [0.4, 0.5) is 0 Å². The molecule has 2 aliphatic heterocycles. The maximum atomic E-state index is 12.4. The lowest BCUT2D eigenvalue weighted by Gasteiger charge is -2.42. The van der Waals surface area contributed by atoms with E-state index in [0.717, 1.165) is 21.0 Å². The van der Waals surface area contributed by atoms with Gasteiger partial charge < -0.3 is 14.8 Å². The summed E-state index contributed by atoms with van der Waals surface area (Å²) in [6.45, 7) is 0. The number of hydrogen-bond acceptors (Lipinski definition) is 7. The van der Waals surface area contributed by atoms with Crippen LogP contribution < -0.4 is 0 Å². The second-order valence-corrected chi connectivity index (χ2v) is 10.7. The Kier molecular flexibility index (Phi) is 3.30. The molecule has 6 rings (SSSR count). The number of ether oxygens (including phenoxy) is 1. The molecular weight excluding hydrogens is 402 g/mol. The molecule has 8 heteroatoms. The molecule has 3 fully saturated rings. The summed E-state index contributed by atoms with van der Waals surface area (Å²) in [7, 11) is 0. The van der Waals surface area contributed by atoms with Crippen molar-refractivity contribution in [2.45, 2.75) is 22.6 Å². The fourth-order valence-corrected chi connectivity index (χ4v) is 9.20. The summed E-state index contributed by atoms with van der Waals surface area (Å²) in [5, 5.41) is 11.1. The van der Waals surface area contributed by atoms with Crippen molar-refractivity contribution < 1.29 is 19.4 Å². The first-order chi connectivity index (χ1) is 13.0. The minimum Gasteiger partial charge on any atom is -0.508 e. The molecule has 0 amide bonds. The topological polar surface area (TPSA) is 79.4 Å². The molecule has 27 heavy (non-hydrogen) atoms. The van der Waals surface area contributed by atoms with Gasteiger partial charge in [0.1, 0.15) is 5.75 Å². The van der Waals surface area contributed by atoms with Crippen molar-refractivity contribution in [3.63, 3.8) is 0 Å². The summed E-state index contributed by atoms with van der Waals surface area (Å²) >= 11 is 8.79. The van der Waals surface area contributed by atoms with Gasteiger partial charge in [0, 0.05) is 16.0 Å². The zero-order chi connectivity index (χ0) is 18.4. The summed E-state index contributed by atoms with van der Waals surface area (Å²) in [6.07, 6.45) is 0.906. The number of benzene rings is 1. The van der Waals surface area contributed by atoms with Gasteiger partial charge in [-0.05, 0) is 54.1 Å². The smallest absolute Gasteiger partial charge is 0.317 e. The number of hydrogen-bond donors (Lipinski definition) is 2. The number of nitrogens with one attached hydrogen (secondary N) is 1. The van der Waals surface area contributed by atoms with Gasteiger partial charge in [-0.15, -0.1) is 23.1 Å². The van der Waals surface area contributed by atoms with E-state index < -0.39 is 0 Å². The highest BCUT2D eigenvalue weighted by Crippen LogP contribution is 2.68. The number of phenols is 1. The molecule has 2 saturated carbocycles. The number of aromatic amines is 1. The van der Waals surface area contributed by atoms with Crippen LogP contribution in [0.2, 0.25) is 0 Å². The molecule has 2 aromatic rings. The number of thiazole rings is 1. The zero-order valence-corrected chi connectivity index (χ0v) is 16.4. The number of phenolic OH excluding ortho intramolecular Hbond substituents is 1. The number of aromatic nitrogens is 1. The predicted octanol–water partition coefficient (Wildman–Crippen LogP) is 3.70. The van der Waals surface area contributed by atoms with Crippen molar-refractivity contribution >= 4 is 47.3 Å². The van der Waals surface area contributed by atoms with Crippen molar-refractivity contribution in [2.75, 3.05) is 0 Å². The lowest BCUT2D eigenvalue weighted by atomic mass is 9.68. The normalized spacial score (nSPS) is 38.4. The van der Waals surface area contributed by atoms with Gasteiger partial charge >= 0.3 is 11.9 Å². The molecule has 7 unspecified atom stereocenters. The third-order valence-corrected chi connectivity index (χ3v) is 9.65. The number of H-pyrrole nitrogens is 1. The van der Waals surface area contributed by atoms with Crippen LogP contribution >= 0.6 is 35.3 Å². The second-order valence-electron chi connectivity index (χ2n) is 7.79. The Bertz CT molecular complexity index is 1040. The van der Waals surface area contributed by atoms with Crippen LogP contribution in [0.15, 0.2) is 29.3 Å². The minimum atomic E-state index is -0.335. The van der Waals surface area contributed by atoms with Crippen LogP contribution in [-0.4, -0.2) is 27.3 Å². The number of carbonyl (C=O) groups excluding carboxylic acids is 2. The lowest BCUT2D eigenvalue weighted by Crippen LogP contribution is -2.42.